The second-order valence-corrected chi connectivity index (χ2v) is 2.94. The number of halogens is 2. The number of carbonyl (C=O) groups is 1. The Hall–Kier alpha value is -0.910. The molecule has 0 aliphatic rings. The summed E-state index contributed by atoms with van der Waals surface area (Å²) in [5, 5.41) is 12.2. The second-order valence-electron chi connectivity index (χ2n) is 2.08. The molecule has 1 rings (SSSR count). The highest BCUT2D eigenvalue weighted by Gasteiger charge is 2.12. The van der Waals surface area contributed by atoms with Crippen molar-refractivity contribution in [2.75, 3.05) is 6.67 Å². The number of aromatic nitrogens is 2. The summed E-state index contributed by atoms with van der Waals surface area (Å²) < 4.78 is 13.4. The summed E-state index contributed by atoms with van der Waals surface area (Å²) in [6.07, 6.45) is 1.43. The molecule has 4 nitrogen and oxygen atoms in total. The van der Waals surface area contributed by atoms with E-state index in [1.165, 1.54) is 10.9 Å². The first-order chi connectivity index (χ1) is 5.65. The molecule has 1 N–H and O–H groups in total. The van der Waals surface area contributed by atoms with E-state index in [1.807, 2.05) is 0 Å². The predicted molar refractivity (Wildman–Crippen MR) is 42.9 cm³/mol. The van der Waals surface area contributed by atoms with Crippen molar-refractivity contribution in [2.24, 2.45) is 0 Å². The maximum absolute atomic E-state index is 11.8. The second kappa shape index (κ2) is 3.66. The van der Waals surface area contributed by atoms with Crippen LogP contribution in [0.2, 0.25) is 0 Å². The van der Waals surface area contributed by atoms with Crippen LogP contribution in [-0.2, 0) is 6.54 Å². The Labute approximate surface area is 76.1 Å². The number of aryl methyl sites for hydroxylation is 1. The molecule has 0 saturated heterocycles. The Morgan fingerprint density at radius 1 is 1.83 bits per heavy atom. The lowest BCUT2D eigenvalue weighted by molar-refractivity contribution is 0.0688. The zero-order valence-electron chi connectivity index (χ0n) is 6.00. The molecule has 1 heterocycles. The molecule has 1 aromatic heterocycles. The number of rotatable bonds is 3. The average Bonchev–Trinajstić information content (AvgIpc) is 2.32. The molecule has 0 spiro atoms. The first-order valence-electron chi connectivity index (χ1n) is 3.17. The Morgan fingerprint density at radius 3 is 2.92 bits per heavy atom. The quantitative estimate of drug-likeness (QED) is 0.862. The van der Waals surface area contributed by atoms with Gasteiger partial charge in [-0.05, 0) is 15.9 Å². The van der Waals surface area contributed by atoms with Crippen molar-refractivity contribution < 1.29 is 14.3 Å². The fourth-order valence-corrected chi connectivity index (χ4v) is 1.23. The summed E-state index contributed by atoms with van der Waals surface area (Å²) in [7, 11) is 0. The lowest BCUT2D eigenvalue weighted by atomic mass is 10.4. The third-order valence-corrected chi connectivity index (χ3v) is 1.81. The number of aromatic carboxylic acids is 1. The fraction of sp³-hybridized carbons (Fsp3) is 0.333. The fourth-order valence-electron chi connectivity index (χ4n) is 0.743. The molecular formula is C6H6BrFN2O2. The zero-order chi connectivity index (χ0) is 9.14. The van der Waals surface area contributed by atoms with Crippen LogP contribution in [0.25, 0.3) is 0 Å². The molecule has 6 heteroatoms. The highest BCUT2D eigenvalue weighted by atomic mass is 79.9. The summed E-state index contributed by atoms with van der Waals surface area (Å²) in [6.45, 7) is -0.487. The van der Waals surface area contributed by atoms with Crippen molar-refractivity contribution in [2.45, 2.75) is 6.54 Å². The molecule has 0 atom stereocenters. The predicted octanol–water partition coefficient (Wildman–Crippen LogP) is 1.31. The number of carboxylic acid groups (broad SMARTS) is 1. The highest BCUT2D eigenvalue weighted by Crippen LogP contribution is 2.14. The van der Waals surface area contributed by atoms with Gasteiger partial charge in [0, 0.05) is 6.20 Å². The van der Waals surface area contributed by atoms with E-state index in [4.69, 9.17) is 5.11 Å². The molecule has 0 saturated carbocycles. The van der Waals surface area contributed by atoms with Gasteiger partial charge >= 0.3 is 5.97 Å². The number of alkyl halides is 1. The summed E-state index contributed by atoms with van der Waals surface area (Å²) in [5.74, 6) is -1.13. The molecule has 66 valence electrons. The lowest BCUT2D eigenvalue weighted by Crippen LogP contribution is -2.03. The smallest absolute Gasteiger partial charge is 0.357 e. The Morgan fingerprint density at radius 2 is 2.50 bits per heavy atom. The van der Waals surface area contributed by atoms with Crippen LogP contribution < -0.4 is 0 Å². The maximum atomic E-state index is 11.8. The Balaban J connectivity index is 2.92. The van der Waals surface area contributed by atoms with Gasteiger partial charge in [-0.25, -0.2) is 9.18 Å². The first kappa shape index (κ1) is 9.18. The van der Waals surface area contributed by atoms with Gasteiger partial charge in [0.15, 0.2) is 5.69 Å². The first-order valence-corrected chi connectivity index (χ1v) is 3.96. The van der Waals surface area contributed by atoms with Gasteiger partial charge in [0.1, 0.15) is 6.67 Å². The maximum Gasteiger partial charge on any atom is 0.357 e. The molecule has 0 bridgehead atoms. The molecule has 12 heavy (non-hydrogen) atoms. The van der Waals surface area contributed by atoms with Gasteiger partial charge < -0.3 is 5.11 Å². The van der Waals surface area contributed by atoms with Gasteiger partial charge in [0.25, 0.3) is 0 Å². The van der Waals surface area contributed by atoms with Gasteiger partial charge in [-0.2, -0.15) is 5.10 Å². The van der Waals surface area contributed by atoms with Crippen molar-refractivity contribution in [3.8, 4) is 0 Å². The lowest BCUT2D eigenvalue weighted by Gasteiger charge is -1.92. The van der Waals surface area contributed by atoms with Gasteiger partial charge in [-0.3, -0.25) is 4.68 Å². The van der Waals surface area contributed by atoms with Crippen LogP contribution in [0.4, 0.5) is 4.39 Å². The van der Waals surface area contributed by atoms with Crippen molar-refractivity contribution >= 4 is 21.9 Å². The number of hydrogen-bond acceptors (Lipinski definition) is 2. The minimum absolute atomic E-state index is 0.0753. The molecule has 0 radical (unpaired) electrons. The van der Waals surface area contributed by atoms with Gasteiger partial charge in [0.2, 0.25) is 0 Å². The van der Waals surface area contributed by atoms with Crippen molar-refractivity contribution in [1.82, 2.24) is 9.78 Å². The third-order valence-electron chi connectivity index (χ3n) is 1.23. The normalized spacial score (nSPS) is 10.2. The number of nitrogens with zero attached hydrogens (tertiary/aromatic N) is 2. The number of carboxylic acids is 1. The van der Waals surface area contributed by atoms with Crippen molar-refractivity contribution in [3.05, 3.63) is 16.4 Å². The Bertz CT molecular complexity index is 300. The van der Waals surface area contributed by atoms with Crippen LogP contribution in [0.15, 0.2) is 10.7 Å². The summed E-state index contributed by atoms with van der Waals surface area (Å²) >= 11 is 3.00. The largest absolute Gasteiger partial charge is 0.476 e. The average molecular weight is 237 g/mol. The number of hydrogen-bond donors (Lipinski definition) is 1. The van der Waals surface area contributed by atoms with E-state index in [1.54, 1.807) is 0 Å². The molecular weight excluding hydrogens is 231 g/mol. The van der Waals surface area contributed by atoms with E-state index in [0.717, 1.165) is 0 Å². The van der Waals surface area contributed by atoms with E-state index in [-0.39, 0.29) is 12.2 Å². The zero-order valence-corrected chi connectivity index (χ0v) is 7.58. The minimum atomic E-state index is -1.13. The SMILES string of the molecule is O=C(O)c1nn(CCF)cc1Br. The van der Waals surface area contributed by atoms with Crippen LogP contribution >= 0.6 is 15.9 Å². The Kier molecular flexibility index (Phi) is 2.80. The minimum Gasteiger partial charge on any atom is -0.476 e. The van der Waals surface area contributed by atoms with E-state index in [0.29, 0.717) is 4.47 Å². The highest BCUT2D eigenvalue weighted by molar-refractivity contribution is 9.10. The van der Waals surface area contributed by atoms with Crippen LogP contribution in [0.1, 0.15) is 10.5 Å². The van der Waals surface area contributed by atoms with E-state index < -0.39 is 12.6 Å². The molecule has 0 amide bonds. The van der Waals surface area contributed by atoms with E-state index in [2.05, 4.69) is 21.0 Å². The standard InChI is InChI=1S/C6H6BrFN2O2/c7-4-3-10(2-1-8)9-5(4)6(11)12/h3H,1-2H2,(H,11,12). The molecule has 0 fully saturated rings. The van der Waals surface area contributed by atoms with Crippen LogP contribution in [0.3, 0.4) is 0 Å². The van der Waals surface area contributed by atoms with Crippen molar-refractivity contribution in [3.63, 3.8) is 0 Å². The summed E-state index contributed by atoms with van der Waals surface area (Å²) in [5.41, 5.74) is -0.0940. The van der Waals surface area contributed by atoms with Gasteiger partial charge in [-0.15, -0.1) is 0 Å². The molecule has 1 aromatic rings. The van der Waals surface area contributed by atoms with Gasteiger partial charge in [-0.1, -0.05) is 0 Å². The molecule has 0 aromatic carbocycles. The van der Waals surface area contributed by atoms with Crippen LogP contribution in [0.5, 0.6) is 0 Å². The van der Waals surface area contributed by atoms with Crippen molar-refractivity contribution in [1.29, 1.82) is 0 Å². The molecule has 0 aliphatic heterocycles. The molecule has 0 aliphatic carbocycles. The summed E-state index contributed by atoms with van der Waals surface area (Å²) in [4.78, 5) is 10.4. The van der Waals surface area contributed by atoms with Crippen LogP contribution in [0, 0.1) is 0 Å². The van der Waals surface area contributed by atoms with Crippen LogP contribution in [-0.4, -0.2) is 27.5 Å². The third kappa shape index (κ3) is 1.82. The molecule has 0 unspecified atom stereocenters. The summed E-state index contributed by atoms with van der Waals surface area (Å²) in [6, 6.07) is 0. The topological polar surface area (TPSA) is 55.1 Å². The van der Waals surface area contributed by atoms with Gasteiger partial charge in [0.05, 0.1) is 11.0 Å². The monoisotopic (exact) mass is 236 g/mol. The van der Waals surface area contributed by atoms with E-state index in [9.17, 15) is 9.18 Å². The van der Waals surface area contributed by atoms with E-state index >= 15 is 0 Å².